The van der Waals surface area contributed by atoms with E-state index in [9.17, 15) is 0 Å². The second kappa shape index (κ2) is 22.5. The molecule has 0 heterocycles. The first-order valence-electron chi connectivity index (χ1n) is 3.45. The van der Waals surface area contributed by atoms with Crippen molar-refractivity contribution >= 4 is 29.2 Å². The Kier molecular flexibility index (Phi) is 33.6. The first-order valence-corrected chi connectivity index (χ1v) is 4.52. The average molecular weight is 219 g/mol. The highest BCUT2D eigenvalue weighted by molar-refractivity contribution is 6.40. The Labute approximate surface area is 83.6 Å². The van der Waals surface area contributed by atoms with E-state index in [1.807, 2.05) is 13.8 Å². The third kappa shape index (κ3) is 201. The van der Waals surface area contributed by atoms with Crippen molar-refractivity contribution in [3.63, 3.8) is 0 Å². The largest absolute Gasteiger partial charge is 0.481 e. The Bertz CT molecular complexity index is 73.1. The highest BCUT2D eigenvalue weighted by atomic mass is 35.5. The molecule has 5 heteroatoms. The fourth-order valence-corrected chi connectivity index (χ4v) is 0.204. The molecule has 0 bridgehead atoms. The lowest BCUT2D eigenvalue weighted by atomic mass is 10.8. The van der Waals surface area contributed by atoms with Gasteiger partial charge in [-0.3, -0.25) is 4.79 Å². The number of carbonyl (C=O) groups is 1. The molecule has 0 atom stereocenters. The number of hydrogen-bond donors (Lipinski definition) is 1. The topological polar surface area (TPSA) is 46.5 Å². The summed E-state index contributed by atoms with van der Waals surface area (Å²) in [5, 5.41) is 7.61. The van der Waals surface area contributed by atoms with E-state index in [0.717, 1.165) is 20.1 Å². The molecular formula is C7H16Cl2O3. The zero-order chi connectivity index (χ0) is 10.4. The van der Waals surface area contributed by atoms with Crippen LogP contribution >= 0.6 is 23.2 Å². The quantitative estimate of drug-likeness (QED) is 0.726. The van der Waals surface area contributed by atoms with Crippen LogP contribution in [0.4, 0.5) is 0 Å². The molecule has 0 aromatic heterocycles. The SMILES string of the molecule is CC(=O)O.CCOCC.ClCCl. The van der Waals surface area contributed by atoms with E-state index in [-0.39, 0.29) is 5.34 Å². The summed E-state index contributed by atoms with van der Waals surface area (Å²) in [6, 6.07) is 0. The normalized spacial score (nSPS) is 7.08. The van der Waals surface area contributed by atoms with E-state index in [2.05, 4.69) is 0 Å². The van der Waals surface area contributed by atoms with Crippen LogP contribution in [0.1, 0.15) is 20.8 Å². The minimum absolute atomic E-state index is 0.194. The first kappa shape index (κ1) is 17.9. The molecule has 0 radical (unpaired) electrons. The summed E-state index contributed by atoms with van der Waals surface area (Å²) < 4.78 is 4.83. The van der Waals surface area contributed by atoms with Gasteiger partial charge in [0.1, 0.15) is 0 Å². The Morgan fingerprint density at radius 2 is 1.50 bits per heavy atom. The predicted octanol–water partition coefficient (Wildman–Crippen LogP) is 2.56. The van der Waals surface area contributed by atoms with Crippen molar-refractivity contribution in [3.05, 3.63) is 0 Å². The lowest BCUT2D eigenvalue weighted by Crippen LogP contribution is -1.84. The molecule has 0 rings (SSSR count). The standard InChI is InChI=1S/C4H10O.C2H4O2.CH2Cl2/c1-3-5-4-2;1-2(3)4;2-1-3/h3-4H2,1-2H3;1H3,(H,3,4);1H2. The third-order valence-corrected chi connectivity index (χ3v) is 0.408. The van der Waals surface area contributed by atoms with Crippen LogP contribution in [-0.2, 0) is 9.53 Å². The molecule has 0 spiro atoms. The molecule has 0 aromatic carbocycles. The molecular weight excluding hydrogens is 203 g/mol. The van der Waals surface area contributed by atoms with Crippen molar-refractivity contribution < 1.29 is 14.6 Å². The number of alkyl halides is 2. The van der Waals surface area contributed by atoms with Crippen LogP contribution in [-0.4, -0.2) is 29.6 Å². The van der Waals surface area contributed by atoms with Crippen LogP contribution in [0.15, 0.2) is 0 Å². The summed E-state index contributed by atoms with van der Waals surface area (Å²) in [5.41, 5.74) is 0. The van der Waals surface area contributed by atoms with Gasteiger partial charge in [0.15, 0.2) is 0 Å². The van der Waals surface area contributed by atoms with Gasteiger partial charge < -0.3 is 9.84 Å². The Morgan fingerprint density at radius 1 is 1.33 bits per heavy atom. The Hall–Kier alpha value is 0.01000. The van der Waals surface area contributed by atoms with Gasteiger partial charge in [0, 0.05) is 20.1 Å². The zero-order valence-corrected chi connectivity index (χ0v) is 9.15. The van der Waals surface area contributed by atoms with E-state index in [1.165, 1.54) is 0 Å². The van der Waals surface area contributed by atoms with Crippen LogP contribution < -0.4 is 0 Å². The number of carboxylic acids is 1. The van der Waals surface area contributed by atoms with E-state index in [1.54, 1.807) is 0 Å². The minimum Gasteiger partial charge on any atom is -0.481 e. The van der Waals surface area contributed by atoms with Crippen molar-refractivity contribution in [2.75, 3.05) is 18.6 Å². The summed E-state index contributed by atoms with van der Waals surface area (Å²) in [6.07, 6.45) is 0. The van der Waals surface area contributed by atoms with Gasteiger partial charge in [0.25, 0.3) is 5.97 Å². The highest BCUT2D eigenvalue weighted by Gasteiger charge is 1.65. The molecule has 0 aliphatic carbocycles. The summed E-state index contributed by atoms with van der Waals surface area (Å²) in [5.74, 6) is -0.833. The molecule has 12 heavy (non-hydrogen) atoms. The molecule has 0 unspecified atom stereocenters. The number of carboxylic acid groups (broad SMARTS) is 1. The monoisotopic (exact) mass is 218 g/mol. The van der Waals surface area contributed by atoms with Gasteiger partial charge in [0.2, 0.25) is 0 Å². The van der Waals surface area contributed by atoms with Crippen LogP contribution in [0.2, 0.25) is 0 Å². The maximum Gasteiger partial charge on any atom is 0.300 e. The van der Waals surface area contributed by atoms with Crippen molar-refractivity contribution in [2.24, 2.45) is 0 Å². The van der Waals surface area contributed by atoms with E-state index < -0.39 is 5.97 Å². The summed E-state index contributed by atoms with van der Waals surface area (Å²) in [4.78, 5) is 9.00. The molecule has 0 amide bonds. The van der Waals surface area contributed by atoms with Gasteiger partial charge in [-0.2, -0.15) is 0 Å². The zero-order valence-electron chi connectivity index (χ0n) is 7.64. The molecule has 0 aliphatic rings. The number of hydrogen-bond acceptors (Lipinski definition) is 2. The van der Waals surface area contributed by atoms with Crippen LogP contribution in [0.5, 0.6) is 0 Å². The van der Waals surface area contributed by atoms with Gasteiger partial charge >= 0.3 is 0 Å². The molecule has 0 fully saturated rings. The molecule has 76 valence electrons. The molecule has 0 saturated heterocycles. The highest BCUT2D eigenvalue weighted by Crippen LogP contribution is 1.73. The molecule has 1 N–H and O–H groups in total. The Balaban J connectivity index is -0.000000105. The lowest BCUT2D eigenvalue weighted by Gasteiger charge is -1.86. The fraction of sp³-hybridized carbons (Fsp3) is 0.857. The maximum atomic E-state index is 9.00. The summed E-state index contributed by atoms with van der Waals surface area (Å²) in [6.45, 7) is 6.75. The predicted molar refractivity (Wildman–Crippen MR) is 52.0 cm³/mol. The molecule has 3 nitrogen and oxygen atoms in total. The van der Waals surface area contributed by atoms with Gasteiger partial charge in [-0.1, -0.05) is 0 Å². The minimum atomic E-state index is -0.833. The van der Waals surface area contributed by atoms with Crippen molar-refractivity contribution in [2.45, 2.75) is 20.8 Å². The Morgan fingerprint density at radius 3 is 1.50 bits per heavy atom. The third-order valence-electron chi connectivity index (χ3n) is 0.408. The molecule has 0 aromatic rings. The van der Waals surface area contributed by atoms with Gasteiger partial charge in [-0.15, -0.1) is 23.2 Å². The van der Waals surface area contributed by atoms with Crippen LogP contribution in [0, 0.1) is 0 Å². The van der Waals surface area contributed by atoms with Crippen molar-refractivity contribution in [1.82, 2.24) is 0 Å². The summed E-state index contributed by atoms with van der Waals surface area (Å²) in [7, 11) is 0. The number of halogens is 2. The van der Waals surface area contributed by atoms with E-state index in [0.29, 0.717) is 0 Å². The first-order chi connectivity index (χ1) is 5.56. The molecule has 0 aliphatic heterocycles. The second-order valence-corrected chi connectivity index (χ2v) is 2.21. The van der Waals surface area contributed by atoms with Gasteiger partial charge in [-0.25, -0.2) is 0 Å². The summed E-state index contributed by atoms with van der Waals surface area (Å²) >= 11 is 9.53. The number of aliphatic carboxylic acids is 1. The molecule has 0 saturated carbocycles. The second-order valence-electron chi connectivity index (χ2n) is 1.40. The van der Waals surface area contributed by atoms with Crippen molar-refractivity contribution in [3.8, 4) is 0 Å². The van der Waals surface area contributed by atoms with Crippen LogP contribution in [0.3, 0.4) is 0 Å². The van der Waals surface area contributed by atoms with Crippen LogP contribution in [0.25, 0.3) is 0 Å². The van der Waals surface area contributed by atoms with Crippen molar-refractivity contribution in [1.29, 1.82) is 0 Å². The van der Waals surface area contributed by atoms with Gasteiger partial charge in [0.05, 0.1) is 5.34 Å². The lowest BCUT2D eigenvalue weighted by molar-refractivity contribution is -0.134. The van der Waals surface area contributed by atoms with E-state index in [4.69, 9.17) is 37.8 Å². The fourth-order valence-electron chi connectivity index (χ4n) is 0.204. The average Bonchev–Trinajstić information content (AvgIpc) is 1.89. The smallest absolute Gasteiger partial charge is 0.300 e. The number of ether oxygens (including phenoxy) is 1. The van der Waals surface area contributed by atoms with Gasteiger partial charge in [-0.05, 0) is 13.8 Å². The number of rotatable bonds is 2. The maximum absolute atomic E-state index is 9.00. The van der Waals surface area contributed by atoms with E-state index >= 15 is 0 Å².